The molecule has 0 unspecified atom stereocenters. The maximum Gasteiger partial charge on any atom is 0.341 e. The van der Waals surface area contributed by atoms with Gasteiger partial charge in [-0.2, -0.15) is 0 Å². The van der Waals surface area contributed by atoms with Gasteiger partial charge in [0, 0.05) is 16.6 Å². The second-order valence-corrected chi connectivity index (χ2v) is 7.79. The van der Waals surface area contributed by atoms with E-state index in [1.165, 1.54) is 13.4 Å². The number of ether oxygens (including phenoxy) is 2. The Morgan fingerprint density at radius 1 is 1.17 bits per heavy atom. The lowest BCUT2D eigenvalue weighted by Crippen LogP contribution is -2.35. The number of rotatable bonds is 5. The van der Waals surface area contributed by atoms with Gasteiger partial charge in [0.1, 0.15) is 17.9 Å². The molecule has 0 saturated heterocycles. The summed E-state index contributed by atoms with van der Waals surface area (Å²) in [7, 11) is 1.32. The van der Waals surface area contributed by atoms with E-state index in [1.807, 2.05) is 36.4 Å². The molecule has 1 amide bonds. The van der Waals surface area contributed by atoms with Crippen molar-refractivity contribution in [1.29, 1.82) is 0 Å². The monoisotopic (exact) mass is 469 g/mol. The van der Waals surface area contributed by atoms with Crippen molar-refractivity contribution in [1.82, 2.24) is 0 Å². The summed E-state index contributed by atoms with van der Waals surface area (Å²) in [5.74, 6) is 0.383. The van der Waals surface area contributed by atoms with Gasteiger partial charge >= 0.3 is 5.97 Å². The number of hydrogen-bond acceptors (Lipinski definition) is 5. The molecule has 30 heavy (non-hydrogen) atoms. The van der Waals surface area contributed by atoms with Gasteiger partial charge in [-0.3, -0.25) is 4.79 Å². The van der Waals surface area contributed by atoms with E-state index >= 15 is 0 Å². The van der Waals surface area contributed by atoms with E-state index < -0.39 is 5.97 Å². The van der Waals surface area contributed by atoms with Crippen LogP contribution in [0.1, 0.15) is 38.5 Å². The van der Waals surface area contributed by atoms with Crippen LogP contribution in [0.5, 0.6) is 5.75 Å². The number of halogens is 1. The molecule has 0 radical (unpaired) electrons. The highest BCUT2D eigenvalue weighted by atomic mass is 79.9. The van der Waals surface area contributed by atoms with Crippen molar-refractivity contribution >= 4 is 33.5 Å². The third kappa shape index (κ3) is 3.98. The van der Waals surface area contributed by atoms with Gasteiger partial charge in [0.05, 0.1) is 19.1 Å². The van der Waals surface area contributed by atoms with E-state index in [4.69, 9.17) is 13.9 Å². The van der Waals surface area contributed by atoms with Crippen molar-refractivity contribution < 1.29 is 23.5 Å². The van der Waals surface area contributed by atoms with E-state index in [0.717, 1.165) is 28.6 Å². The number of fused-ring (bicyclic) bond motifs is 1. The van der Waals surface area contributed by atoms with Gasteiger partial charge in [-0.15, -0.1) is 0 Å². The molecular formula is C23H20BrNO5. The maximum absolute atomic E-state index is 13.3. The zero-order valence-electron chi connectivity index (χ0n) is 16.4. The fourth-order valence-electron chi connectivity index (χ4n) is 3.60. The van der Waals surface area contributed by atoms with E-state index in [2.05, 4.69) is 15.9 Å². The second kappa shape index (κ2) is 8.75. The summed E-state index contributed by atoms with van der Waals surface area (Å²) in [6, 6.07) is 14.6. The molecule has 0 atom stereocenters. The molecule has 3 aromatic rings. The predicted octanol–water partition coefficient (Wildman–Crippen LogP) is 5.00. The third-order valence-corrected chi connectivity index (χ3v) is 5.50. The predicted molar refractivity (Wildman–Crippen MR) is 115 cm³/mol. The Morgan fingerprint density at radius 2 is 2.00 bits per heavy atom. The fraction of sp³-hybridized carbons (Fsp3) is 0.217. The summed E-state index contributed by atoms with van der Waals surface area (Å²) in [5.41, 5.74) is 2.74. The number of para-hydroxylation sites is 1. The van der Waals surface area contributed by atoms with Crippen LogP contribution in [0.2, 0.25) is 0 Å². The quantitative estimate of drug-likeness (QED) is 0.491. The van der Waals surface area contributed by atoms with Gasteiger partial charge in [-0.1, -0.05) is 34.1 Å². The molecule has 0 fully saturated rings. The third-order valence-electron chi connectivity index (χ3n) is 5.01. The molecule has 1 aliphatic heterocycles. The summed E-state index contributed by atoms with van der Waals surface area (Å²) in [5, 5.41) is 0. The van der Waals surface area contributed by atoms with Gasteiger partial charge in [-0.25, -0.2) is 4.79 Å². The van der Waals surface area contributed by atoms with Crippen LogP contribution in [-0.2, 0) is 17.8 Å². The zero-order chi connectivity index (χ0) is 21.1. The largest absolute Gasteiger partial charge is 0.483 e. The average molecular weight is 470 g/mol. The summed E-state index contributed by atoms with van der Waals surface area (Å²) in [6.45, 7) is 0.652. The molecule has 7 heteroatoms. The molecule has 0 bridgehead atoms. The number of benzene rings is 2. The summed E-state index contributed by atoms with van der Waals surface area (Å²) in [6.07, 6.45) is 3.17. The number of methoxy groups -OCH3 is 1. The molecule has 2 aromatic carbocycles. The number of anilines is 1. The lowest BCUT2D eigenvalue weighted by Gasteiger charge is -2.31. The molecule has 2 heterocycles. The number of furan rings is 1. The first kappa shape index (κ1) is 20.2. The van der Waals surface area contributed by atoms with Crippen molar-refractivity contribution in [3.8, 4) is 5.75 Å². The second-order valence-electron chi connectivity index (χ2n) is 6.87. The Balaban J connectivity index is 1.63. The van der Waals surface area contributed by atoms with Crippen LogP contribution in [-0.4, -0.2) is 25.5 Å². The number of esters is 1. The molecule has 6 nitrogen and oxygen atoms in total. The summed E-state index contributed by atoms with van der Waals surface area (Å²) < 4.78 is 17.0. The first-order valence-electron chi connectivity index (χ1n) is 9.55. The van der Waals surface area contributed by atoms with E-state index in [1.54, 1.807) is 17.0 Å². The average Bonchev–Trinajstić information content (AvgIpc) is 3.24. The minimum absolute atomic E-state index is 0.0484. The van der Waals surface area contributed by atoms with Gasteiger partial charge in [0.15, 0.2) is 5.76 Å². The maximum atomic E-state index is 13.3. The number of carbonyl (C=O) groups is 2. The van der Waals surface area contributed by atoms with Crippen LogP contribution in [0.15, 0.2) is 63.7 Å². The van der Waals surface area contributed by atoms with Crippen LogP contribution in [0, 0.1) is 0 Å². The smallest absolute Gasteiger partial charge is 0.341 e. The molecule has 0 saturated carbocycles. The van der Waals surface area contributed by atoms with Crippen molar-refractivity contribution in [3.63, 3.8) is 0 Å². The van der Waals surface area contributed by atoms with Crippen molar-refractivity contribution in [3.05, 3.63) is 81.7 Å². The van der Waals surface area contributed by atoms with E-state index in [9.17, 15) is 9.59 Å². The molecule has 1 aliphatic rings. The molecular weight excluding hydrogens is 450 g/mol. The molecule has 154 valence electrons. The Kier molecular flexibility index (Phi) is 5.90. The fourth-order valence-corrected chi connectivity index (χ4v) is 4.00. The first-order valence-corrected chi connectivity index (χ1v) is 10.3. The number of aryl methyl sites for hydroxylation is 1. The van der Waals surface area contributed by atoms with Crippen LogP contribution in [0.25, 0.3) is 0 Å². The Morgan fingerprint density at radius 3 is 2.80 bits per heavy atom. The normalized spacial score (nSPS) is 12.9. The number of carbonyl (C=O) groups excluding carboxylic acids is 2. The lowest BCUT2D eigenvalue weighted by atomic mass is 10.00. The Hall–Kier alpha value is -3.06. The van der Waals surface area contributed by atoms with Crippen molar-refractivity contribution in [2.24, 2.45) is 0 Å². The van der Waals surface area contributed by atoms with E-state index in [-0.39, 0.29) is 12.5 Å². The molecule has 4 rings (SSSR count). The standard InChI is InChI=1S/C23H20BrNO5/c1-28-23(27)18-10-12-29-20(18)14-30-19-9-3-5-15-7-4-11-25(21(15)19)22(26)16-6-2-8-17(24)13-16/h2-3,5-6,8-10,12-13H,4,7,11,14H2,1H3. The van der Waals surface area contributed by atoms with Crippen LogP contribution in [0.3, 0.4) is 0 Å². The van der Waals surface area contributed by atoms with Gasteiger partial charge in [0.25, 0.3) is 5.91 Å². The topological polar surface area (TPSA) is 69.0 Å². The zero-order valence-corrected chi connectivity index (χ0v) is 18.0. The highest BCUT2D eigenvalue weighted by Gasteiger charge is 2.27. The molecule has 1 aromatic heterocycles. The highest BCUT2D eigenvalue weighted by Crippen LogP contribution is 2.38. The number of amides is 1. The summed E-state index contributed by atoms with van der Waals surface area (Å²) >= 11 is 3.43. The lowest BCUT2D eigenvalue weighted by molar-refractivity contribution is 0.0595. The first-order chi connectivity index (χ1) is 14.6. The van der Waals surface area contributed by atoms with Crippen LogP contribution >= 0.6 is 15.9 Å². The van der Waals surface area contributed by atoms with Crippen LogP contribution in [0.4, 0.5) is 5.69 Å². The van der Waals surface area contributed by atoms with Gasteiger partial charge < -0.3 is 18.8 Å². The SMILES string of the molecule is COC(=O)c1ccoc1COc1cccc2c1N(C(=O)c1cccc(Br)c1)CCC2. The van der Waals surface area contributed by atoms with E-state index in [0.29, 0.717) is 29.2 Å². The number of hydrogen-bond donors (Lipinski definition) is 0. The van der Waals surface area contributed by atoms with Crippen molar-refractivity contribution in [2.45, 2.75) is 19.4 Å². The van der Waals surface area contributed by atoms with Crippen molar-refractivity contribution in [2.75, 3.05) is 18.6 Å². The minimum atomic E-state index is -0.483. The minimum Gasteiger partial charge on any atom is -0.483 e. The van der Waals surface area contributed by atoms with Gasteiger partial charge in [-0.05, 0) is 48.7 Å². The Labute approximate surface area is 182 Å². The van der Waals surface area contributed by atoms with Gasteiger partial charge in [0.2, 0.25) is 0 Å². The summed E-state index contributed by atoms with van der Waals surface area (Å²) in [4.78, 5) is 26.9. The number of nitrogens with zero attached hydrogens (tertiary/aromatic N) is 1. The molecule has 0 aliphatic carbocycles. The Bertz CT molecular complexity index is 1090. The van der Waals surface area contributed by atoms with Crippen LogP contribution < -0.4 is 9.64 Å². The highest BCUT2D eigenvalue weighted by molar-refractivity contribution is 9.10. The molecule has 0 N–H and O–H groups in total. The molecule has 0 spiro atoms.